The Morgan fingerprint density at radius 2 is 1.86 bits per heavy atom. The average molecular weight is 293 g/mol. The van der Waals surface area contributed by atoms with Crippen molar-refractivity contribution in [2.75, 3.05) is 18.0 Å². The Morgan fingerprint density at radius 1 is 1.00 bits per heavy atom. The van der Waals surface area contributed by atoms with Crippen LogP contribution in [0.4, 0.5) is 5.82 Å². The van der Waals surface area contributed by atoms with Gasteiger partial charge in [-0.3, -0.25) is 4.99 Å². The van der Waals surface area contributed by atoms with Crippen LogP contribution in [0, 0.1) is 0 Å². The second-order valence-corrected chi connectivity index (χ2v) is 5.96. The molecule has 1 N–H and O–H groups in total. The molecule has 0 unspecified atom stereocenters. The van der Waals surface area contributed by atoms with Gasteiger partial charge in [-0.05, 0) is 49.1 Å². The third kappa shape index (κ3) is 2.34. The van der Waals surface area contributed by atoms with Crippen molar-refractivity contribution >= 4 is 11.5 Å². The molecule has 0 saturated carbocycles. The van der Waals surface area contributed by atoms with Crippen LogP contribution >= 0.6 is 0 Å². The van der Waals surface area contributed by atoms with E-state index in [0.717, 1.165) is 35.7 Å². The van der Waals surface area contributed by atoms with Crippen molar-refractivity contribution in [1.82, 2.24) is 4.98 Å². The number of fused-ring (bicyclic) bond motifs is 1. The van der Waals surface area contributed by atoms with E-state index in [0.29, 0.717) is 12.3 Å². The molecule has 2 aliphatic heterocycles. The van der Waals surface area contributed by atoms with Crippen LogP contribution in [0.1, 0.15) is 36.0 Å². The lowest BCUT2D eigenvalue weighted by Gasteiger charge is -2.27. The predicted octanol–water partition coefficient (Wildman–Crippen LogP) is 3.13. The summed E-state index contributed by atoms with van der Waals surface area (Å²) in [5.74, 6) is 1.33. The van der Waals surface area contributed by atoms with Crippen LogP contribution in [0.2, 0.25) is 0 Å². The number of benzene rings is 1. The van der Waals surface area contributed by atoms with E-state index in [1.54, 1.807) is 6.07 Å². The number of hydrogen-bond acceptors (Lipinski definition) is 4. The highest BCUT2D eigenvalue weighted by Crippen LogP contribution is 2.28. The van der Waals surface area contributed by atoms with Crippen LogP contribution in [0.15, 0.2) is 41.5 Å². The maximum Gasteiger partial charge on any atom is 0.129 e. The number of piperidine rings is 1. The fourth-order valence-electron chi connectivity index (χ4n) is 3.28. The van der Waals surface area contributed by atoms with E-state index in [1.807, 2.05) is 24.4 Å². The summed E-state index contributed by atoms with van der Waals surface area (Å²) in [6.07, 6.45) is 5.66. The minimum Gasteiger partial charge on any atom is -0.508 e. The number of aromatic hydroxyl groups is 1. The molecular formula is C18H19N3O. The van der Waals surface area contributed by atoms with Crippen LogP contribution in [0.3, 0.4) is 0 Å². The smallest absolute Gasteiger partial charge is 0.129 e. The van der Waals surface area contributed by atoms with E-state index in [-0.39, 0.29) is 0 Å². The highest BCUT2D eigenvalue weighted by Gasteiger charge is 2.19. The van der Waals surface area contributed by atoms with E-state index in [9.17, 15) is 5.11 Å². The molecule has 4 nitrogen and oxygen atoms in total. The standard InChI is InChI=1S/C18H19N3O/c22-15-5-4-14-12-20-18(16(14)11-15)13-6-7-19-17(10-13)21-8-2-1-3-9-21/h4-7,10-11,22H,1-3,8-9,12H2. The van der Waals surface area contributed by atoms with E-state index >= 15 is 0 Å². The number of aliphatic imine (C=N–C) groups is 1. The summed E-state index contributed by atoms with van der Waals surface area (Å²) in [7, 11) is 0. The monoisotopic (exact) mass is 293 g/mol. The molecule has 0 atom stereocenters. The largest absolute Gasteiger partial charge is 0.508 e. The SMILES string of the molecule is Oc1ccc2c(c1)C(c1ccnc(N3CCCCC3)c1)=NC2. The maximum atomic E-state index is 9.74. The zero-order valence-corrected chi connectivity index (χ0v) is 12.5. The van der Waals surface area contributed by atoms with Gasteiger partial charge in [0.2, 0.25) is 0 Å². The average Bonchev–Trinajstić information content (AvgIpc) is 2.99. The lowest BCUT2D eigenvalue weighted by atomic mass is 10.0. The van der Waals surface area contributed by atoms with Gasteiger partial charge >= 0.3 is 0 Å². The van der Waals surface area contributed by atoms with Crippen LogP contribution in [-0.4, -0.2) is 28.9 Å². The molecule has 112 valence electrons. The molecule has 4 heteroatoms. The van der Waals surface area contributed by atoms with Gasteiger partial charge in [0.05, 0.1) is 12.3 Å². The van der Waals surface area contributed by atoms with Gasteiger partial charge in [0.15, 0.2) is 0 Å². The van der Waals surface area contributed by atoms with Crippen molar-refractivity contribution < 1.29 is 5.11 Å². The Morgan fingerprint density at radius 3 is 2.73 bits per heavy atom. The molecule has 1 fully saturated rings. The number of rotatable bonds is 2. The minimum atomic E-state index is 0.290. The zero-order chi connectivity index (χ0) is 14.9. The quantitative estimate of drug-likeness (QED) is 0.925. The second kappa shape index (κ2) is 5.44. The Labute approximate surface area is 130 Å². The number of aromatic nitrogens is 1. The topological polar surface area (TPSA) is 48.7 Å². The van der Waals surface area contributed by atoms with Gasteiger partial charge in [0.1, 0.15) is 11.6 Å². The van der Waals surface area contributed by atoms with Gasteiger partial charge in [0.25, 0.3) is 0 Å². The number of phenols is 1. The van der Waals surface area contributed by atoms with Gasteiger partial charge < -0.3 is 10.0 Å². The number of phenolic OH excluding ortho intramolecular Hbond substituents is 1. The van der Waals surface area contributed by atoms with Crippen molar-refractivity contribution in [2.45, 2.75) is 25.8 Å². The number of pyridine rings is 1. The molecule has 0 aliphatic carbocycles. The Balaban J connectivity index is 1.68. The minimum absolute atomic E-state index is 0.290. The third-order valence-electron chi connectivity index (χ3n) is 4.46. The Hall–Kier alpha value is -2.36. The summed E-state index contributed by atoms with van der Waals surface area (Å²) < 4.78 is 0. The fraction of sp³-hybridized carbons (Fsp3) is 0.333. The summed E-state index contributed by atoms with van der Waals surface area (Å²) >= 11 is 0. The highest BCUT2D eigenvalue weighted by atomic mass is 16.3. The van der Waals surface area contributed by atoms with Gasteiger partial charge in [-0.1, -0.05) is 6.07 Å². The molecule has 22 heavy (non-hydrogen) atoms. The molecule has 1 aromatic heterocycles. The summed E-state index contributed by atoms with van der Waals surface area (Å²) in [4.78, 5) is 11.5. The molecule has 3 heterocycles. The van der Waals surface area contributed by atoms with Gasteiger partial charge in [-0.2, -0.15) is 0 Å². The molecule has 2 aliphatic rings. The van der Waals surface area contributed by atoms with E-state index in [1.165, 1.54) is 24.8 Å². The normalized spacial score (nSPS) is 17.3. The van der Waals surface area contributed by atoms with Crippen molar-refractivity contribution in [3.63, 3.8) is 0 Å². The molecule has 0 radical (unpaired) electrons. The lowest BCUT2D eigenvalue weighted by Crippen LogP contribution is -2.30. The maximum absolute atomic E-state index is 9.74. The van der Waals surface area contributed by atoms with E-state index < -0.39 is 0 Å². The van der Waals surface area contributed by atoms with Gasteiger partial charge in [-0.15, -0.1) is 0 Å². The lowest BCUT2D eigenvalue weighted by molar-refractivity contribution is 0.475. The summed E-state index contributed by atoms with van der Waals surface area (Å²) in [6, 6.07) is 9.62. The Kier molecular flexibility index (Phi) is 3.29. The molecule has 0 amide bonds. The number of hydrogen-bond donors (Lipinski definition) is 1. The molecule has 4 rings (SSSR count). The first-order valence-corrected chi connectivity index (χ1v) is 7.89. The first-order valence-electron chi connectivity index (χ1n) is 7.89. The molecule has 1 saturated heterocycles. The molecule has 0 bridgehead atoms. The summed E-state index contributed by atoms with van der Waals surface area (Å²) in [6.45, 7) is 2.85. The van der Waals surface area contributed by atoms with Crippen molar-refractivity contribution in [3.8, 4) is 5.75 Å². The second-order valence-electron chi connectivity index (χ2n) is 5.96. The Bertz CT molecular complexity index is 733. The predicted molar refractivity (Wildman–Crippen MR) is 87.8 cm³/mol. The zero-order valence-electron chi connectivity index (χ0n) is 12.5. The molecule has 2 aromatic rings. The molecule has 0 spiro atoms. The molecule has 1 aromatic carbocycles. The third-order valence-corrected chi connectivity index (χ3v) is 4.46. The van der Waals surface area contributed by atoms with Crippen molar-refractivity contribution in [3.05, 3.63) is 53.2 Å². The van der Waals surface area contributed by atoms with E-state index in [4.69, 9.17) is 0 Å². The van der Waals surface area contributed by atoms with Crippen molar-refractivity contribution in [2.24, 2.45) is 4.99 Å². The fourth-order valence-corrected chi connectivity index (χ4v) is 3.28. The summed E-state index contributed by atoms with van der Waals surface area (Å²) in [5.41, 5.74) is 4.26. The number of nitrogens with zero attached hydrogens (tertiary/aromatic N) is 3. The number of anilines is 1. The van der Waals surface area contributed by atoms with Crippen LogP contribution in [0.5, 0.6) is 5.75 Å². The van der Waals surface area contributed by atoms with Crippen molar-refractivity contribution in [1.29, 1.82) is 0 Å². The van der Waals surface area contributed by atoms with Crippen LogP contribution in [-0.2, 0) is 6.54 Å². The van der Waals surface area contributed by atoms with Gasteiger partial charge in [-0.25, -0.2) is 4.98 Å². The van der Waals surface area contributed by atoms with Gasteiger partial charge in [0, 0.05) is 30.4 Å². The van der Waals surface area contributed by atoms with Crippen LogP contribution < -0.4 is 4.90 Å². The molecular weight excluding hydrogens is 274 g/mol. The highest BCUT2D eigenvalue weighted by molar-refractivity contribution is 6.15. The first-order chi connectivity index (χ1) is 10.8. The first kappa shape index (κ1) is 13.3. The summed E-state index contributed by atoms with van der Waals surface area (Å²) in [5, 5.41) is 9.74. The van der Waals surface area contributed by atoms with Crippen LogP contribution in [0.25, 0.3) is 0 Å². The van der Waals surface area contributed by atoms with E-state index in [2.05, 4.69) is 20.9 Å².